The van der Waals surface area contributed by atoms with Gasteiger partial charge in [-0.2, -0.15) is 0 Å². The summed E-state index contributed by atoms with van der Waals surface area (Å²) in [5.41, 5.74) is 6.76. The minimum atomic E-state index is -0.914. The Morgan fingerprint density at radius 2 is 1.88 bits per heavy atom. The van der Waals surface area contributed by atoms with Crippen LogP contribution in [0.2, 0.25) is 0 Å². The fourth-order valence-corrected chi connectivity index (χ4v) is 2.07. The van der Waals surface area contributed by atoms with Crippen LogP contribution >= 0.6 is 0 Å². The van der Waals surface area contributed by atoms with E-state index in [1.807, 2.05) is 0 Å². The van der Waals surface area contributed by atoms with Crippen LogP contribution in [-0.2, 0) is 25.6 Å². The van der Waals surface area contributed by atoms with E-state index in [1.54, 1.807) is 38.1 Å². The highest BCUT2D eigenvalue weighted by Gasteiger charge is 2.24. The first-order chi connectivity index (χ1) is 11.5. The summed E-state index contributed by atoms with van der Waals surface area (Å²) >= 11 is 0. The van der Waals surface area contributed by atoms with Gasteiger partial charge in [0.25, 0.3) is 5.91 Å². The van der Waals surface area contributed by atoms with Gasteiger partial charge in [0.1, 0.15) is 6.04 Å². The van der Waals surface area contributed by atoms with Crippen LogP contribution in [0.15, 0.2) is 24.3 Å². The Morgan fingerprint density at radius 3 is 2.50 bits per heavy atom. The molecular formula is C17H24N2O5. The molecule has 1 atom stereocenters. The Labute approximate surface area is 141 Å². The van der Waals surface area contributed by atoms with Crippen LogP contribution < -0.4 is 11.1 Å². The monoisotopic (exact) mass is 336 g/mol. The first-order valence-electron chi connectivity index (χ1n) is 7.93. The molecule has 1 rings (SSSR count). The summed E-state index contributed by atoms with van der Waals surface area (Å²) in [6, 6.07) is 5.89. The van der Waals surface area contributed by atoms with Crippen LogP contribution in [0.25, 0.3) is 0 Å². The van der Waals surface area contributed by atoms with E-state index in [1.165, 1.54) is 0 Å². The van der Waals surface area contributed by atoms with Crippen LogP contribution in [-0.4, -0.2) is 37.1 Å². The highest BCUT2D eigenvalue weighted by Crippen LogP contribution is 2.08. The maximum absolute atomic E-state index is 12.3. The number of carbonyl (C=O) groups excluding carboxylic acids is 3. The minimum Gasteiger partial charge on any atom is -0.466 e. The van der Waals surface area contributed by atoms with Crippen molar-refractivity contribution < 1.29 is 23.9 Å². The summed E-state index contributed by atoms with van der Waals surface area (Å²) in [5, 5.41) is 2.60. The van der Waals surface area contributed by atoms with E-state index in [2.05, 4.69) is 5.32 Å². The Bertz CT molecular complexity index is 574. The van der Waals surface area contributed by atoms with E-state index in [0.717, 1.165) is 5.56 Å². The van der Waals surface area contributed by atoms with Gasteiger partial charge in [-0.1, -0.05) is 12.1 Å². The summed E-state index contributed by atoms with van der Waals surface area (Å²) in [4.78, 5) is 35.8. The van der Waals surface area contributed by atoms with E-state index in [4.69, 9.17) is 15.2 Å². The van der Waals surface area contributed by atoms with Crippen molar-refractivity contribution in [2.24, 2.45) is 5.73 Å². The predicted octanol–water partition coefficient (Wildman–Crippen LogP) is 1.15. The van der Waals surface area contributed by atoms with Gasteiger partial charge in [-0.3, -0.25) is 9.59 Å². The molecule has 1 aromatic rings. The number of benzene rings is 1. The van der Waals surface area contributed by atoms with E-state index >= 15 is 0 Å². The molecule has 0 aromatic heterocycles. The molecule has 0 fully saturated rings. The van der Waals surface area contributed by atoms with Crippen molar-refractivity contribution in [1.82, 2.24) is 5.32 Å². The zero-order valence-corrected chi connectivity index (χ0v) is 14.0. The third-order valence-electron chi connectivity index (χ3n) is 3.24. The smallest absolute Gasteiger partial charge is 0.328 e. The maximum atomic E-state index is 12.3. The van der Waals surface area contributed by atoms with Crippen molar-refractivity contribution in [3.8, 4) is 0 Å². The number of ether oxygens (including phenoxy) is 2. The lowest BCUT2D eigenvalue weighted by molar-refractivity contribution is -0.146. The molecule has 0 aliphatic heterocycles. The Hall–Kier alpha value is -2.41. The molecular weight excluding hydrogens is 312 g/mol. The van der Waals surface area contributed by atoms with Gasteiger partial charge >= 0.3 is 11.9 Å². The lowest BCUT2D eigenvalue weighted by atomic mass is 10.1. The fourth-order valence-electron chi connectivity index (χ4n) is 2.07. The van der Waals surface area contributed by atoms with Crippen LogP contribution in [0.1, 0.15) is 42.6 Å². The molecule has 0 spiro atoms. The minimum absolute atomic E-state index is 0.0143. The number of hydrogen-bond acceptors (Lipinski definition) is 6. The molecule has 0 saturated carbocycles. The van der Waals surface area contributed by atoms with Crippen LogP contribution in [0.4, 0.5) is 0 Å². The first kappa shape index (κ1) is 19.6. The average Bonchev–Trinajstić information content (AvgIpc) is 2.58. The lowest BCUT2D eigenvalue weighted by Crippen LogP contribution is -2.42. The van der Waals surface area contributed by atoms with Crippen molar-refractivity contribution >= 4 is 17.8 Å². The second-order valence-electron chi connectivity index (χ2n) is 5.03. The van der Waals surface area contributed by atoms with Gasteiger partial charge < -0.3 is 20.5 Å². The Balaban J connectivity index is 2.76. The number of hydrogen-bond donors (Lipinski definition) is 2. The predicted molar refractivity (Wildman–Crippen MR) is 88.1 cm³/mol. The second kappa shape index (κ2) is 10.4. The zero-order chi connectivity index (χ0) is 17.9. The third kappa shape index (κ3) is 6.37. The molecule has 0 aliphatic rings. The highest BCUT2D eigenvalue weighted by atomic mass is 16.5. The molecule has 0 aliphatic carbocycles. The Kier molecular flexibility index (Phi) is 8.49. The quantitative estimate of drug-likeness (QED) is 0.655. The summed E-state index contributed by atoms with van der Waals surface area (Å²) in [6.07, 6.45) is 0.125. The van der Waals surface area contributed by atoms with Gasteiger partial charge in [0.2, 0.25) is 0 Å². The number of amides is 1. The molecule has 0 saturated heterocycles. The van der Waals surface area contributed by atoms with Crippen molar-refractivity contribution in [2.45, 2.75) is 39.3 Å². The largest absolute Gasteiger partial charge is 0.466 e. The average molecular weight is 336 g/mol. The van der Waals surface area contributed by atoms with E-state index in [0.29, 0.717) is 12.1 Å². The molecule has 1 aromatic carbocycles. The van der Waals surface area contributed by atoms with Crippen LogP contribution in [0, 0.1) is 0 Å². The number of rotatable bonds is 9. The zero-order valence-electron chi connectivity index (χ0n) is 14.0. The molecule has 1 amide bonds. The molecule has 3 N–H and O–H groups in total. The topological polar surface area (TPSA) is 108 Å². The molecule has 0 radical (unpaired) electrons. The number of nitrogens with one attached hydrogen (secondary N) is 1. The molecule has 7 heteroatoms. The normalized spacial score (nSPS) is 11.5. The number of carbonyl (C=O) groups is 3. The lowest BCUT2D eigenvalue weighted by Gasteiger charge is -2.17. The fraction of sp³-hybridized carbons (Fsp3) is 0.471. The third-order valence-corrected chi connectivity index (χ3v) is 3.24. The summed E-state index contributed by atoms with van der Waals surface area (Å²) in [5.74, 6) is -1.43. The van der Waals surface area contributed by atoms with Crippen LogP contribution in [0.3, 0.4) is 0 Å². The Morgan fingerprint density at radius 1 is 1.17 bits per heavy atom. The summed E-state index contributed by atoms with van der Waals surface area (Å²) in [6.45, 7) is 4.14. The van der Waals surface area contributed by atoms with Crippen molar-refractivity contribution in [2.75, 3.05) is 13.2 Å². The van der Waals surface area contributed by atoms with Gasteiger partial charge in [0.05, 0.1) is 13.2 Å². The maximum Gasteiger partial charge on any atom is 0.328 e. The summed E-state index contributed by atoms with van der Waals surface area (Å²) < 4.78 is 9.79. The SMILES string of the molecule is CCOC(=O)CCC(NC(=O)c1cccc(CN)c1)C(=O)OCC. The van der Waals surface area contributed by atoms with Crippen molar-refractivity contribution in [1.29, 1.82) is 0 Å². The molecule has 7 nitrogen and oxygen atoms in total. The van der Waals surface area contributed by atoms with Gasteiger partial charge in [-0.05, 0) is 38.0 Å². The van der Waals surface area contributed by atoms with Gasteiger partial charge in [0, 0.05) is 18.5 Å². The van der Waals surface area contributed by atoms with Gasteiger partial charge in [0.15, 0.2) is 0 Å². The molecule has 132 valence electrons. The first-order valence-corrected chi connectivity index (χ1v) is 7.93. The second-order valence-corrected chi connectivity index (χ2v) is 5.03. The number of esters is 2. The molecule has 0 heterocycles. The van der Waals surface area contributed by atoms with E-state index < -0.39 is 23.9 Å². The summed E-state index contributed by atoms with van der Waals surface area (Å²) in [7, 11) is 0. The van der Waals surface area contributed by atoms with Gasteiger partial charge in [-0.25, -0.2) is 4.79 Å². The van der Waals surface area contributed by atoms with Crippen molar-refractivity contribution in [3.63, 3.8) is 0 Å². The van der Waals surface area contributed by atoms with E-state index in [9.17, 15) is 14.4 Å². The highest BCUT2D eigenvalue weighted by molar-refractivity contribution is 5.97. The van der Waals surface area contributed by atoms with Crippen molar-refractivity contribution in [3.05, 3.63) is 35.4 Å². The van der Waals surface area contributed by atoms with Crippen LogP contribution in [0.5, 0.6) is 0 Å². The number of nitrogens with two attached hydrogens (primary N) is 1. The molecule has 24 heavy (non-hydrogen) atoms. The standard InChI is InChI=1S/C17H24N2O5/c1-3-23-15(20)9-8-14(17(22)24-4-2)19-16(21)13-7-5-6-12(10-13)11-18/h5-7,10,14H,3-4,8-9,11,18H2,1-2H3,(H,19,21). The van der Waals surface area contributed by atoms with Gasteiger partial charge in [-0.15, -0.1) is 0 Å². The van der Waals surface area contributed by atoms with E-state index in [-0.39, 0.29) is 26.1 Å². The molecule has 1 unspecified atom stereocenters. The molecule has 0 bridgehead atoms.